The highest BCUT2D eigenvalue weighted by Gasteiger charge is 2.05. The van der Waals surface area contributed by atoms with E-state index in [9.17, 15) is 0 Å². The van der Waals surface area contributed by atoms with Crippen LogP contribution in [0.3, 0.4) is 0 Å². The second-order valence-electron chi connectivity index (χ2n) is 12.3. The Kier molecular flexibility index (Phi) is 36.7. The number of nitrogens with zero attached hydrogens (tertiary/aromatic N) is 1. The number of aliphatic hydroxyl groups is 1. The van der Waals surface area contributed by atoms with Crippen LogP contribution in [0, 0.1) is 0 Å². The number of unbranched alkanes of at least 4 members (excludes halogenated alkanes) is 21. The predicted molar refractivity (Wildman–Crippen MR) is 177 cm³/mol. The maximum absolute atomic E-state index is 9.17. The van der Waals surface area contributed by atoms with E-state index in [0.29, 0.717) is 6.61 Å². The van der Waals surface area contributed by atoms with E-state index in [4.69, 9.17) is 14.6 Å². The lowest BCUT2D eigenvalue weighted by Crippen LogP contribution is -2.27. The smallest absolute Gasteiger partial charge is 0.0466 e. The first kappa shape index (κ1) is 39.8. The Morgan fingerprint density at radius 1 is 0.350 bits per heavy atom. The molecule has 40 heavy (non-hydrogen) atoms. The second kappa shape index (κ2) is 36.9. The van der Waals surface area contributed by atoms with Crippen LogP contribution in [-0.4, -0.2) is 62.7 Å². The van der Waals surface area contributed by atoms with Crippen molar-refractivity contribution in [1.29, 1.82) is 0 Å². The summed E-state index contributed by atoms with van der Waals surface area (Å²) in [4.78, 5) is 2.63. The van der Waals surface area contributed by atoms with Gasteiger partial charge in [0.05, 0.1) is 0 Å². The predicted octanol–water partition coefficient (Wildman–Crippen LogP) is 10.5. The molecule has 0 saturated heterocycles. The largest absolute Gasteiger partial charge is 0.396 e. The van der Waals surface area contributed by atoms with Crippen LogP contribution in [0.5, 0.6) is 0 Å². The van der Waals surface area contributed by atoms with Crippen LogP contribution in [0.15, 0.2) is 0 Å². The Balaban J connectivity index is 3.54. The Labute approximate surface area is 252 Å². The summed E-state index contributed by atoms with van der Waals surface area (Å²) in [5, 5.41) is 9.17. The van der Waals surface area contributed by atoms with Gasteiger partial charge in [0.15, 0.2) is 0 Å². The van der Waals surface area contributed by atoms with E-state index in [0.717, 1.165) is 45.8 Å². The van der Waals surface area contributed by atoms with Crippen LogP contribution in [0.4, 0.5) is 0 Å². The lowest BCUT2D eigenvalue weighted by molar-refractivity contribution is 0.123. The van der Waals surface area contributed by atoms with Crippen molar-refractivity contribution in [2.24, 2.45) is 0 Å². The fourth-order valence-electron chi connectivity index (χ4n) is 5.45. The van der Waals surface area contributed by atoms with Gasteiger partial charge in [0.2, 0.25) is 0 Å². The van der Waals surface area contributed by atoms with Crippen molar-refractivity contribution in [2.45, 2.75) is 181 Å². The molecule has 0 amide bonds. The van der Waals surface area contributed by atoms with E-state index in [-0.39, 0.29) is 0 Å². The molecule has 0 aliphatic rings. The van der Waals surface area contributed by atoms with Crippen LogP contribution in [0.1, 0.15) is 181 Å². The third-order valence-corrected chi connectivity index (χ3v) is 8.19. The van der Waals surface area contributed by atoms with Crippen molar-refractivity contribution >= 4 is 0 Å². The number of aliphatic hydroxyl groups excluding tert-OH is 1. The molecular formula is C36H75NO3. The molecule has 0 aliphatic heterocycles. The van der Waals surface area contributed by atoms with Gasteiger partial charge in [-0.25, -0.2) is 0 Å². The highest BCUT2D eigenvalue weighted by atomic mass is 16.5. The molecule has 4 heteroatoms. The van der Waals surface area contributed by atoms with Gasteiger partial charge in [0.25, 0.3) is 0 Å². The monoisotopic (exact) mass is 570 g/mol. The van der Waals surface area contributed by atoms with Gasteiger partial charge < -0.3 is 19.5 Å². The van der Waals surface area contributed by atoms with Crippen LogP contribution < -0.4 is 0 Å². The first-order valence-corrected chi connectivity index (χ1v) is 18.3. The van der Waals surface area contributed by atoms with Gasteiger partial charge in [-0.2, -0.15) is 0 Å². The number of hydrogen-bond donors (Lipinski definition) is 1. The fraction of sp³-hybridized carbons (Fsp3) is 1.00. The summed E-state index contributed by atoms with van der Waals surface area (Å²) in [7, 11) is 0. The fourth-order valence-corrected chi connectivity index (χ4v) is 5.45. The van der Waals surface area contributed by atoms with Crippen LogP contribution in [0.25, 0.3) is 0 Å². The van der Waals surface area contributed by atoms with Gasteiger partial charge >= 0.3 is 0 Å². The van der Waals surface area contributed by atoms with Crippen molar-refractivity contribution in [3.63, 3.8) is 0 Å². The summed E-state index contributed by atoms with van der Waals surface area (Å²) >= 11 is 0. The summed E-state index contributed by atoms with van der Waals surface area (Å²) in [5.41, 5.74) is 0. The molecule has 0 aromatic carbocycles. The first-order chi connectivity index (χ1) is 19.8. The maximum Gasteiger partial charge on any atom is 0.0466 e. The highest BCUT2D eigenvalue weighted by molar-refractivity contribution is 4.60. The van der Waals surface area contributed by atoms with Crippen molar-refractivity contribution < 1.29 is 14.6 Å². The summed E-state index contributed by atoms with van der Waals surface area (Å²) in [6.07, 6.45) is 34.3. The maximum atomic E-state index is 9.17. The molecule has 0 aliphatic carbocycles. The minimum Gasteiger partial charge on any atom is -0.396 e. The van der Waals surface area contributed by atoms with Gasteiger partial charge in [-0.1, -0.05) is 117 Å². The zero-order chi connectivity index (χ0) is 29.0. The van der Waals surface area contributed by atoms with E-state index >= 15 is 0 Å². The standard InChI is InChI=1S/C36H75NO3/c1-3-5-7-9-11-13-15-17-25-33-39-35-27-19-21-29-37(31-23-24-32-38)30-22-20-28-36-40-34-26-18-16-14-12-10-8-6-4-2/h38H,3-36H2,1-2H3. The molecule has 0 saturated carbocycles. The number of hydrogen-bond acceptors (Lipinski definition) is 4. The normalized spacial score (nSPS) is 11.7. The third kappa shape index (κ3) is 34.0. The third-order valence-electron chi connectivity index (χ3n) is 8.19. The molecule has 0 spiro atoms. The minimum absolute atomic E-state index is 0.320. The Morgan fingerprint density at radius 2 is 0.625 bits per heavy atom. The molecule has 4 nitrogen and oxygen atoms in total. The van der Waals surface area contributed by atoms with Crippen LogP contribution in [0.2, 0.25) is 0 Å². The van der Waals surface area contributed by atoms with E-state index in [2.05, 4.69) is 18.7 Å². The molecule has 0 aromatic rings. The first-order valence-electron chi connectivity index (χ1n) is 18.3. The van der Waals surface area contributed by atoms with Crippen molar-refractivity contribution in [3.05, 3.63) is 0 Å². The average Bonchev–Trinajstić information content (AvgIpc) is 2.96. The molecule has 0 radical (unpaired) electrons. The quantitative estimate of drug-likeness (QED) is 0.0762. The Bertz CT molecular complexity index is 400. The molecular weight excluding hydrogens is 494 g/mol. The molecule has 0 atom stereocenters. The van der Waals surface area contributed by atoms with E-state index in [1.165, 1.54) is 167 Å². The average molecular weight is 570 g/mol. The SMILES string of the molecule is CCCCCCCCCCCOCCCCCN(CCCCO)CCCCCOCCCCCCCCCCC. The lowest BCUT2D eigenvalue weighted by Gasteiger charge is -2.22. The van der Waals surface area contributed by atoms with Crippen molar-refractivity contribution in [2.75, 3.05) is 52.7 Å². The summed E-state index contributed by atoms with van der Waals surface area (Å²) in [6.45, 7) is 12.2. The summed E-state index contributed by atoms with van der Waals surface area (Å²) < 4.78 is 11.8. The van der Waals surface area contributed by atoms with Gasteiger partial charge in [-0.05, 0) is 83.8 Å². The van der Waals surface area contributed by atoms with Crippen LogP contribution >= 0.6 is 0 Å². The van der Waals surface area contributed by atoms with Crippen LogP contribution in [-0.2, 0) is 9.47 Å². The van der Waals surface area contributed by atoms with E-state index in [1.54, 1.807) is 0 Å². The van der Waals surface area contributed by atoms with Crippen molar-refractivity contribution in [1.82, 2.24) is 4.90 Å². The van der Waals surface area contributed by atoms with Gasteiger partial charge in [-0.15, -0.1) is 0 Å². The van der Waals surface area contributed by atoms with Gasteiger partial charge in [-0.3, -0.25) is 0 Å². The Morgan fingerprint density at radius 3 is 0.950 bits per heavy atom. The molecule has 0 heterocycles. The lowest BCUT2D eigenvalue weighted by atomic mass is 10.1. The highest BCUT2D eigenvalue weighted by Crippen LogP contribution is 2.11. The molecule has 0 unspecified atom stereocenters. The van der Waals surface area contributed by atoms with Gasteiger partial charge in [0, 0.05) is 33.0 Å². The summed E-state index contributed by atoms with van der Waals surface area (Å²) in [5.74, 6) is 0. The number of rotatable bonds is 36. The molecule has 0 bridgehead atoms. The zero-order valence-corrected chi connectivity index (χ0v) is 27.8. The molecule has 0 fully saturated rings. The van der Waals surface area contributed by atoms with Crippen molar-refractivity contribution in [3.8, 4) is 0 Å². The molecule has 0 rings (SSSR count). The zero-order valence-electron chi connectivity index (χ0n) is 27.8. The van der Waals surface area contributed by atoms with E-state index < -0.39 is 0 Å². The van der Waals surface area contributed by atoms with Gasteiger partial charge in [0.1, 0.15) is 0 Å². The second-order valence-corrected chi connectivity index (χ2v) is 12.3. The Hall–Kier alpha value is -0.160. The molecule has 242 valence electrons. The summed E-state index contributed by atoms with van der Waals surface area (Å²) in [6, 6.07) is 0. The number of ether oxygens (including phenoxy) is 2. The minimum atomic E-state index is 0.320. The topological polar surface area (TPSA) is 41.9 Å². The van der Waals surface area contributed by atoms with E-state index in [1.807, 2.05) is 0 Å². The molecule has 0 aromatic heterocycles. The molecule has 1 N–H and O–H groups in total.